The Bertz CT molecular complexity index is 986. The van der Waals surface area contributed by atoms with Gasteiger partial charge in [-0.25, -0.2) is 0 Å². The molecule has 0 unspecified atom stereocenters. The molecule has 30 heavy (non-hydrogen) atoms. The van der Waals surface area contributed by atoms with Crippen LogP contribution in [0.15, 0.2) is 59.4 Å². The molecule has 1 heterocycles. The summed E-state index contributed by atoms with van der Waals surface area (Å²) in [5.41, 5.74) is 1.59. The van der Waals surface area contributed by atoms with Gasteiger partial charge in [-0.05, 0) is 55.6 Å². The lowest BCUT2D eigenvalue weighted by molar-refractivity contribution is 0.139. The number of ether oxygens (including phenoxy) is 3. The number of aromatic nitrogens is 1. The van der Waals surface area contributed by atoms with E-state index in [1.54, 1.807) is 11.7 Å². The Labute approximate surface area is 177 Å². The number of pyridine rings is 1. The second-order valence-electron chi connectivity index (χ2n) is 6.98. The third-order valence-electron chi connectivity index (χ3n) is 4.80. The second kappa shape index (κ2) is 11.5. The number of para-hydroxylation sites is 1. The van der Waals surface area contributed by atoms with Crippen LogP contribution >= 0.6 is 0 Å². The summed E-state index contributed by atoms with van der Waals surface area (Å²) in [5, 5.41) is 4.33. The van der Waals surface area contributed by atoms with Crippen molar-refractivity contribution in [2.45, 2.75) is 26.4 Å². The number of fused-ring (bicyclic) bond motifs is 1. The molecule has 0 aliphatic heterocycles. The van der Waals surface area contributed by atoms with Gasteiger partial charge < -0.3 is 24.1 Å². The number of hydrogen-bond donors (Lipinski definition) is 1. The van der Waals surface area contributed by atoms with Crippen LogP contribution in [-0.2, 0) is 22.6 Å². The van der Waals surface area contributed by atoms with Crippen molar-refractivity contribution in [1.29, 1.82) is 0 Å². The highest BCUT2D eigenvalue weighted by atomic mass is 16.5. The minimum atomic E-state index is -0.00157. The number of benzene rings is 2. The SMILES string of the molecule is CCOCCn1c(=O)c(CNCCCOC)cc2ccc(Oc3ccccc3)cc21. The number of methoxy groups -OCH3 is 1. The van der Waals surface area contributed by atoms with E-state index in [0.29, 0.717) is 38.7 Å². The molecular weight excluding hydrogens is 380 g/mol. The largest absolute Gasteiger partial charge is 0.457 e. The topological polar surface area (TPSA) is 61.7 Å². The van der Waals surface area contributed by atoms with Crippen molar-refractivity contribution >= 4 is 10.9 Å². The zero-order valence-corrected chi connectivity index (χ0v) is 17.7. The predicted molar refractivity (Wildman–Crippen MR) is 119 cm³/mol. The van der Waals surface area contributed by atoms with Crippen molar-refractivity contribution in [2.75, 3.05) is 33.5 Å². The van der Waals surface area contributed by atoms with Crippen molar-refractivity contribution < 1.29 is 14.2 Å². The lowest BCUT2D eigenvalue weighted by Crippen LogP contribution is -2.29. The summed E-state index contributed by atoms with van der Waals surface area (Å²) in [6.07, 6.45) is 0.906. The van der Waals surface area contributed by atoms with E-state index in [9.17, 15) is 4.79 Å². The van der Waals surface area contributed by atoms with Gasteiger partial charge in [-0.2, -0.15) is 0 Å². The van der Waals surface area contributed by atoms with Crippen LogP contribution in [0.1, 0.15) is 18.9 Å². The Balaban J connectivity index is 1.89. The van der Waals surface area contributed by atoms with Gasteiger partial charge in [0.15, 0.2) is 0 Å². The fraction of sp³-hybridized carbons (Fsp3) is 0.375. The number of rotatable bonds is 12. The van der Waals surface area contributed by atoms with E-state index in [2.05, 4.69) is 5.32 Å². The van der Waals surface area contributed by atoms with Gasteiger partial charge in [-0.1, -0.05) is 18.2 Å². The van der Waals surface area contributed by atoms with Gasteiger partial charge in [-0.15, -0.1) is 0 Å². The molecule has 0 aliphatic carbocycles. The zero-order chi connectivity index (χ0) is 21.2. The van der Waals surface area contributed by atoms with Crippen LogP contribution in [0.5, 0.6) is 11.5 Å². The lowest BCUT2D eigenvalue weighted by Gasteiger charge is -2.15. The Morgan fingerprint density at radius 3 is 2.60 bits per heavy atom. The zero-order valence-electron chi connectivity index (χ0n) is 17.7. The number of hydrogen-bond acceptors (Lipinski definition) is 5. The van der Waals surface area contributed by atoms with Crippen LogP contribution in [0.25, 0.3) is 10.9 Å². The normalized spacial score (nSPS) is 11.1. The highest BCUT2D eigenvalue weighted by Crippen LogP contribution is 2.25. The summed E-state index contributed by atoms with van der Waals surface area (Å²) in [4.78, 5) is 13.2. The molecule has 0 atom stereocenters. The maximum atomic E-state index is 13.2. The predicted octanol–water partition coefficient (Wildman–Crippen LogP) is 3.96. The fourth-order valence-electron chi connectivity index (χ4n) is 3.31. The van der Waals surface area contributed by atoms with E-state index in [4.69, 9.17) is 14.2 Å². The van der Waals surface area contributed by atoms with Gasteiger partial charge in [0.05, 0.1) is 12.1 Å². The van der Waals surface area contributed by atoms with Crippen LogP contribution in [0.4, 0.5) is 0 Å². The van der Waals surface area contributed by atoms with Crippen molar-refractivity contribution in [3.63, 3.8) is 0 Å². The van der Waals surface area contributed by atoms with Gasteiger partial charge in [0, 0.05) is 45.0 Å². The molecule has 0 amide bonds. The molecular formula is C24H30N2O4. The standard InChI is InChI=1S/C24H30N2O4/c1-3-29-15-13-26-23-17-22(30-21-8-5-4-6-9-21)11-10-19(23)16-20(24(26)27)18-25-12-7-14-28-2/h4-6,8-11,16-17,25H,3,7,12-15,18H2,1-2H3. The third-order valence-corrected chi connectivity index (χ3v) is 4.80. The van der Waals surface area contributed by atoms with Crippen molar-refractivity contribution in [1.82, 2.24) is 9.88 Å². The second-order valence-corrected chi connectivity index (χ2v) is 6.98. The Morgan fingerprint density at radius 1 is 1.00 bits per heavy atom. The van der Waals surface area contributed by atoms with Crippen molar-refractivity contribution in [3.8, 4) is 11.5 Å². The molecule has 1 N–H and O–H groups in total. The molecule has 0 radical (unpaired) electrons. The van der Waals surface area contributed by atoms with Gasteiger partial charge in [0.1, 0.15) is 11.5 Å². The van der Waals surface area contributed by atoms with Gasteiger partial charge >= 0.3 is 0 Å². The highest BCUT2D eigenvalue weighted by molar-refractivity contribution is 5.81. The molecule has 0 spiro atoms. The summed E-state index contributed by atoms with van der Waals surface area (Å²) < 4.78 is 18.3. The molecule has 0 aliphatic rings. The summed E-state index contributed by atoms with van der Waals surface area (Å²) in [6.45, 7) is 5.58. The first-order chi connectivity index (χ1) is 14.7. The van der Waals surface area contributed by atoms with Gasteiger partial charge in [0.2, 0.25) is 0 Å². The maximum Gasteiger partial charge on any atom is 0.255 e. The maximum absolute atomic E-state index is 13.2. The molecule has 6 nitrogen and oxygen atoms in total. The minimum absolute atomic E-state index is 0.00157. The van der Waals surface area contributed by atoms with Crippen molar-refractivity contribution in [3.05, 3.63) is 70.5 Å². The van der Waals surface area contributed by atoms with E-state index >= 15 is 0 Å². The van der Waals surface area contributed by atoms with Crippen molar-refractivity contribution in [2.24, 2.45) is 0 Å². The van der Waals surface area contributed by atoms with E-state index in [1.807, 2.05) is 61.5 Å². The van der Waals surface area contributed by atoms with E-state index in [1.165, 1.54) is 0 Å². The van der Waals surface area contributed by atoms with Crippen LogP contribution in [-0.4, -0.2) is 38.0 Å². The van der Waals surface area contributed by atoms with E-state index in [-0.39, 0.29) is 5.56 Å². The smallest absolute Gasteiger partial charge is 0.255 e. The Morgan fingerprint density at radius 2 is 1.83 bits per heavy atom. The van der Waals surface area contributed by atoms with Crippen LogP contribution < -0.4 is 15.6 Å². The third kappa shape index (κ3) is 5.92. The fourth-order valence-corrected chi connectivity index (χ4v) is 3.31. The average molecular weight is 411 g/mol. The molecule has 1 aromatic heterocycles. The molecule has 0 bridgehead atoms. The molecule has 160 valence electrons. The molecule has 0 saturated carbocycles. The van der Waals surface area contributed by atoms with E-state index < -0.39 is 0 Å². The molecule has 3 aromatic rings. The monoisotopic (exact) mass is 410 g/mol. The first-order valence-corrected chi connectivity index (χ1v) is 10.4. The summed E-state index contributed by atoms with van der Waals surface area (Å²) in [5.74, 6) is 1.46. The van der Waals surface area contributed by atoms with E-state index in [0.717, 1.165) is 35.2 Å². The summed E-state index contributed by atoms with van der Waals surface area (Å²) in [7, 11) is 1.69. The quantitative estimate of drug-likeness (QED) is 0.458. The van der Waals surface area contributed by atoms with Gasteiger partial charge in [0.25, 0.3) is 5.56 Å². The highest BCUT2D eigenvalue weighted by Gasteiger charge is 2.11. The van der Waals surface area contributed by atoms with Crippen LogP contribution in [0, 0.1) is 0 Å². The first kappa shape index (κ1) is 22.0. The minimum Gasteiger partial charge on any atom is -0.457 e. The molecule has 2 aromatic carbocycles. The lowest BCUT2D eigenvalue weighted by atomic mass is 10.1. The molecule has 0 fully saturated rings. The van der Waals surface area contributed by atoms with Crippen LogP contribution in [0.2, 0.25) is 0 Å². The Hall–Kier alpha value is -2.67. The molecule has 3 rings (SSSR count). The number of nitrogens with one attached hydrogen (secondary N) is 1. The Kier molecular flexibility index (Phi) is 8.44. The summed E-state index contributed by atoms with van der Waals surface area (Å²) in [6, 6.07) is 17.4. The number of nitrogens with zero attached hydrogens (tertiary/aromatic N) is 1. The first-order valence-electron chi connectivity index (χ1n) is 10.4. The van der Waals surface area contributed by atoms with Crippen LogP contribution in [0.3, 0.4) is 0 Å². The molecule has 0 saturated heterocycles. The van der Waals surface area contributed by atoms with Gasteiger partial charge in [-0.3, -0.25) is 4.79 Å². The average Bonchev–Trinajstić information content (AvgIpc) is 2.76. The molecule has 6 heteroatoms. The summed E-state index contributed by atoms with van der Waals surface area (Å²) >= 11 is 0.